The van der Waals surface area contributed by atoms with Crippen molar-refractivity contribution in [2.75, 3.05) is 0 Å². The normalized spacial score (nSPS) is 15.1. The van der Waals surface area contributed by atoms with Crippen molar-refractivity contribution >= 4 is 5.91 Å². The molecule has 1 aliphatic carbocycles. The summed E-state index contributed by atoms with van der Waals surface area (Å²) in [5, 5.41) is 2.87. The zero-order valence-corrected chi connectivity index (χ0v) is 8.07. The Bertz CT molecular complexity index is 306. The Morgan fingerprint density at radius 2 is 2.36 bits per heavy atom. The second-order valence-electron chi connectivity index (χ2n) is 3.75. The number of hydrogen-bond donors (Lipinski definition) is 1. The molecule has 74 valence electrons. The van der Waals surface area contributed by atoms with Gasteiger partial charge in [0.1, 0.15) is 0 Å². The predicted octanol–water partition coefficient (Wildman–Crippen LogP) is 1.50. The van der Waals surface area contributed by atoms with E-state index in [-0.39, 0.29) is 5.91 Å². The number of aromatic nitrogens is 1. The highest BCUT2D eigenvalue weighted by atomic mass is 16.1. The monoisotopic (exact) mass is 190 g/mol. The largest absolute Gasteiger partial charge is 0.350 e. The first-order valence-electron chi connectivity index (χ1n) is 5.01. The Hall–Kier alpha value is -1.38. The van der Waals surface area contributed by atoms with Crippen molar-refractivity contribution in [2.24, 2.45) is 5.92 Å². The molecule has 0 aliphatic heterocycles. The first-order chi connectivity index (χ1) is 6.84. The van der Waals surface area contributed by atoms with E-state index in [2.05, 4.69) is 10.3 Å². The Morgan fingerprint density at radius 3 is 3.00 bits per heavy atom. The fourth-order valence-electron chi connectivity index (χ4n) is 1.35. The number of amides is 1. The van der Waals surface area contributed by atoms with Crippen LogP contribution in [0, 0.1) is 5.92 Å². The molecule has 1 amide bonds. The Morgan fingerprint density at radius 1 is 1.50 bits per heavy atom. The molecule has 1 heterocycles. The third-order valence-electron chi connectivity index (χ3n) is 2.36. The Labute approximate surface area is 83.5 Å². The molecule has 3 heteroatoms. The second kappa shape index (κ2) is 4.22. The van der Waals surface area contributed by atoms with Gasteiger partial charge in [0, 0.05) is 12.6 Å². The van der Waals surface area contributed by atoms with Gasteiger partial charge in [-0.15, -0.1) is 0 Å². The average Bonchev–Trinajstić information content (AvgIpc) is 3.00. The first kappa shape index (κ1) is 9.19. The second-order valence-corrected chi connectivity index (χ2v) is 3.75. The third-order valence-corrected chi connectivity index (χ3v) is 2.36. The molecule has 0 unspecified atom stereocenters. The van der Waals surface area contributed by atoms with Crippen LogP contribution in [0.3, 0.4) is 0 Å². The topological polar surface area (TPSA) is 42.0 Å². The van der Waals surface area contributed by atoms with Gasteiger partial charge in [0.05, 0.1) is 12.2 Å². The van der Waals surface area contributed by atoms with Crippen molar-refractivity contribution < 1.29 is 4.79 Å². The quantitative estimate of drug-likeness (QED) is 0.781. The van der Waals surface area contributed by atoms with Crippen LogP contribution < -0.4 is 5.32 Å². The van der Waals surface area contributed by atoms with Gasteiger partial charge in [-0.05, 0) is 30.9 Å². The lowest BCUT2D eigenvalue weighted by Gasteiger charge is -2.03. The van der Waals surface area contributed by atoms with Gasteiger partial charge in [-0.2, -0.15) is 0 Å². The standard InChI is InChI=1S/C11H14N2O/c14-11(7-9-4-5-9)13-8-10-3-1-2-6-12-10/h1-3,6,9H,4-5,7-8H2,(H,13,14). The van der Waals surface area contributed by atoms with Crippen LogP contribution in [-0.2, 0) is 11.3 Å². The Kier molecular flexibility index (Phi) is 2.77. The van der Waals surface area contributed by atoms with Crippen molar-refractivity contribution in [1.82, 2.24) is 10.3 Å². The van der Waals surface area contributed by atoms with E-state index < -0.39 is 0 Å². The minimum Gasteiger partial charge on any atom is -0.350 e. The van der Waals surface area contributed by atoms with Crippen LogP contribution in [0.4, 0.5) is 0 Å². The predicted molar refractivity (Wildman–Crippen MR) is 53.4 cm³/mol. The zero-order chi connectivity index (χ0) is 9.80. The van der Waals surface area contributed by atoms with Crippen molar-refractivity contribution in [2.45, 2.75) is 25.8 Å². The molecule has 0 bridgehead atoms. The molecular formula is C11H14N2O. The van der Waals surface area contributed by atoms with Crippen molar-refractivity contribution in [3.8, 4) is 0 Å². The van der Waals surface area contributed by atoms with Crippen LogP contribution in [0.1, 0.15) is 25.0 Å². The molecule has 3 nitrogen and oxygen atoms in total. The van der Waals surface area contributed by atoms with Gasteiger partial charge >= 0.3 is 0 Å². The molecule has 0 spiro atoms. The summed E-state index contributed by atoms with van der Waals surface area (Å²) in [4.78, 5) is 15.5. The maximum atomic E-state index is 11.3. The van der Waals surface area contributed by atoms with Crippen LogP contribution in [-0.4, -0.2) is 10.9 Å². The number of rotatable bonds is 4. The highest BCUT2D eigenvalue weighted by Crippen LogP contribution is 2.32. The molecule has 0 radical (unpaired) electrons. The molecule has 1 aliphatic rings. The molecule has 1 aromatic heterocycles. The van der Waals surface area contributed by atoms with E-state index in [4.69, 9.17) is 0 Å². The highest BCUT2D eigenvalue weighted by Gasteiger charge is 2.23. The third kappa shape index (κ3) is 2.83. The maximum Gasteiger partial charge on any atom is 0.220 e. The van der Waals surface area contributed by atoms with E-state index in [1.165, 1.54) is 12.8 Å². The lowest BCUT2D eigenvalue weighted by atomic mass is 10.3. The van der Waals surface area contributed by atoms with E-state index in [0.717, 1.165) is 5.69 Å². The number of nitrogens with one attached hydrogen (secondary N) is 1. The average molecular weight is 190 g/mol. The minimum atomic E-state index is 0.151. The van der Waals surface area contributed by atoms with E-state index >= 15 is 0 Å². The van der Waals surface area contributed by atoms with Gasteiger partial charge in [-0.3, -0.25) is 9.78 Å². The van der Waals surface area contributed by atoms with Crippen molar-refractivity contribution in [3.63, 3.8) is 0 Å². The van der Waals surface area contributed by atoms with E-state index in [1.807, 2.05) is 18.2 Å². The number of carbonyl (C=O) groups excluding carboxylic acids is 1. The SMILES string of the molecule is O=C(CC1CC1)NCc1ccccn1. The molecular weight excluding hydrogens is 176 g/mol. The molecule has 1 aromatic rings. The lowest BCUT2D eigenvalue weighted by molar-refractivity contribution is -0.121. The van der Waals surface area contributed by atoms with Crippen LogP contribution >= 0.6 is 0 Å². The van der Waals surface area contributed by atoms with Gasteiger partial charge in [-0.25, -0.2) is 0 Å². The van der Waals surface area contributed by atoms with E-state index in [1.54, 1.807) is 6.20 Å². The van der Waals surface area contributed by atoms with Crippen LogP contribution in [0.2, 0.25) is 0 Å². The Balaban J connectivity index is 1.73. The zero-order valence-electron chi connectivity index (χ0n) is 8.07. The van der Waals surface area contributed by atoms with Crippen LogP contribution in [0.25, 0.3) is 0 Å². The summed E-state index contributed by atoms with van der Waals surface area (Å²) in [6, 6.07) is 5.71. The summed E-state index contributed by atoms with van der Waals surface area (Å²) in [5.41, 5.74) is 0.914. The summed E-state index contributed by atoms with van der Waals surface area (Å²) >= 11 is 0. The molecule has 1 fully saturated rings. The fourth-order valence-corrected chi connectivity index (χ4v) is 1.35. The fraction of sp³-hybridized carbons (Fsp3) is 0.455. The van der Waals surface area contributed by atoms with Gasteiger partial charge in [0.15, 0.2) is 0 Å². The first-order valence-corrected chi connectivity index (χ1v) is 5.01. The van der Waals surface area contributed by atoms with Gasteiger partial charge < -0.3 is 5.32 Å². The van der Waals surface area contributed by atoms with Crippen molar-refractivity contribution in [3.05, 3.63) is 30.1 Å². The number of carbonyl (C=O) groups is 1. The van der Waals surface area contributed by atoms with Crippen LogP contribution in [0.15, 0.2) is 24.4 Å². The van der Waals surface area contributed by atoms with E-state index in [0.29, 0.717) is 18.9 Å². The molecule has 0 saturated heterocycles. The molecule has 14 heavy (non-hydrogen) atoms. The van der Waals surface area contributed by atoms with E-state index in [9.17, 15) is 4.79 Å². The number of nitrogens with zero attached hydrogens (tertiary/aromatic N) is 1. The van der Waals surface area contributed by atoms with Crippen LogP contribution in [0.5, 0.6) is 0 Å². The molecule has 0 atom stereocenters. The maximum absolute atomic E-state index is 11.3. The summed E-state index contributed by atoms with van der Waals surface area (Å²) < 4.78 is 0. The molecule has 1 saturated carbocycles. The molecule has 0 aromatic carbocycles. The smallest absolute Gasteiger partial charge is 0.220 e. The summed E-state index contributed by atoms with van der Waals surface area (Å²) in [5.74, 6) is 0.803. The number of hydrogen-bond acceptors (Lipinski definition) is 2. The van der Waals surface area contributed by atoms with Crippen molar-refractivity contribution in [1.29, 1.82) is 0 Å². The van der Waals surface area contributed by atoms with Gasteiger partial charge in [0.25, 0.3) is 0 Å². The van der Waals surface area contributed by atoms with Gasteiger partial charge in [-0.1, -0.05) is 6.07 Å². The highest BCUT2D eigenvalue weighted by molar-refractivity contribution is 5.76. The summed E-state index contributed by atoms with van der Waals surface area (Å²) in [6.07, 6.45) is 4.86. The minimum absolute atomic E-state index is 0.151. The number of pyridine rings is 1. The van der Waals surface area contributed by atoms with Gasteiger partial charge in [0.2, 0.25) is 5.91 Å². The summed E-state index contributed by atoms with van der Waals surface area (Å²) in [7, 11) is 0. The summed E-state index contributed by atoms with van der Waals surface area (Å²) in [6.45, 7) is 0.548. The molecule has 2 rings (SSSR count). The lowest BCUT2D eigenvalue weighted by Crippen LogP contribution is -2.23. The molecule has 1 N–H and O–H groups in total.